The summed E-state index contributed by atoms with van der Waals surface area (Å²) < 4.78 is 5.70. The molecular weight excluding hydrogens is 310 g/mol. The standard InChI is InChI=1S/C21H19N3O/c1-2-3-16-4-6-18(7-5-16)15-25-21-14-23-20(13-24-21)19-10-8-17(12-22)9-11-19/h4-11,13-14H,2-3,15H2,1H3. The molecule has 0 radical (unpaired) electrons. The molecule has 0 aliphatic carbocycles. The van der Waals surface area contributed by atoms with Crippen molar-refractivity contribution in [1.82, 2.24) is 9.97 Å². The molecule has 0 saturated carbocycles. The van der Waals surface area contributed by atoms with E-state index in [0.29, 0.717) is 18.1 Å². The van der Waals surface area contributed by atoms with E-state index in [4.69, 9.17) is 10.00 Å². The van der Waals surface area contributed by atoms with Crippen LogP contribution in [0.2, 0.25) is 0 Å². The van der Waals surface area contributed by atoms with E-state index in [0.717, 1.165) is 29.7 Å². The monoisotopic (exact) mass is 329 g/mol. The topological polar surface area (TPSA) is 58.8 Å². The molecule has 1 aromatic heterocycles. The largest absolute Gasteiger partial charge is 0.472 e. The number of rotatable bonds is 6. The molecule has 124 valence electrons. The second-order valence-electron chi connectivity index (χ2n) is 5.78. The normalized spacial score (nSPS) is 10.2. The smallest absolute Gasteiger partial charge is 0.232 e. The van der Waals surface area contributed by atoms with E-state index in [9.17, 15) is 0 Å². The van der Waals surface area contributed by atoms with Crippen LogP contribution in [0.4, 0.5) is 0 Å². The Morgan fingerprint density at radius 1 is 0.920 bits per heavy atom. The van der Waals surface area contributed by atoms with Gasteiger partial charge in [-0.05, 0) is 29.7 Å². The minimum atomic E-state index is 0.470. The fraction of sp³-hybridized carbons (Fsp3) is 0.190. The van der Waals surface area contributed by atoms with Gasteiger partial charge in [-0.3, -0.25) is 0 Å². The number of nitrogens with zero attached hydrogens (tertiary/aromatic N) is 3. The van der Waals surface area contributed by atoms with Gasteiger partial charge in [-0.2, -0.15) is 5.26 Å². The Morgan fingerprint density at radius 3 is 2.24 bits per heavy atom. The second kappa shape index (κ2) is 8.07. The van der Waals surface area contributed by atoms with Gasteiger partial charge in [0.2, 0.25) is 5.88 Å². The van der Waals surface area contributed by atoms with Crippen molar-refractivity contribution < 1.29 is 4.74 Å². The van der Waals surface area contributed by atoms with Crippen LogP contribution >= 0.6 is 0 Å². The highest BCUT2D eigenvalue weighted by molar-refractivity contribution is 5.59. The first-order chi connectivity index (χ1) is 12.3. The first-order valence-corrected chi connectivity index (χ1v) is 8.31. The lowest BCUT2D eigenvalue weighted by atomic mass is 10.1. The summed E-state index contributed by atoms with van der Waals surface area (Å²) in [7, 11) is 0. The maximum absolute atomic E-state index is 8.84. The molecule has 3 aromatic rings. The molecule has 0 fully saturated rings. The number of nitriles is 1. The van der Waals surface area contributed by atoms with Crippen LogP contribution in [0.5, 0.6) is 5.88 Å². The fourth-order valence-corrected chi connectivity index (χ4v) is 2.50. The minimum Gasteiger partial charge on any atom is -0.472 e. The van der Waals surface area contributed by atoms with Gasteiger partial charge in [0.1, 0.15) is 6.61 Å². The van der Waals surface area contributed by atoms with Crippen molar-refractivity contribution in [1.29, 1.82) is 5.26 Å². The summed E-state index contributed by atoms with van der Waals surface area (Å²) in [6.07, 6.45) is 5.56. The van der Waals surface area contributed by atoms with E-state index < -0.39 is 0 Å². The summed E-state index contributed by atoms with van der Waals surface area (Å²) in [5, 5.41) is 8.84. The van der Waals surface area contributed by atoms with E-state index in [1.165, 1.54) is 5.56 Å². The van der Waals surface area contributed by atoms with Crippen molar-refractivity contribution in [3.8, 4) is 23.2 Å². The lowest BCUT2D eigenvalue weighted by Gasteiger charge is -2.07. The lowest BCUT2D eigenvalue weighted by Crippen LogP contribution is -1.98. The van der Waals surface area contributed by atoms with Crippen LogP contribution in [0.3, 0.4) is 0 Å². The van der Waals surface area contributed by atoms with Crippen molar-refractivity contribution >= 4 is 0 Å². The van der Waals surface area contributed by atoms with E-state index in [2.05, 4.69) is 47.2 Å². The van der Waals surface area contributed by atoms with Crippen LogP contribution in [0.15, 0.2) is 60.9 Å². The van der Waals surface area contributed by atoms with Gasteiger partial charge >= 0.3 is 0 Å². The molecule has 1 heterocycles. The van der Waals surface area contributed by atoms with Gasteiger partial charge in [0, 0.05) is 5.56 Å². The molecule has 0 aliphatic rings. The van der Waals surface area contributed by atoms with Gasteiger partial charge in [-0.1, -0.05) is 49.7 Å². The third-order valence-corrected chi connectivity index (χ3v) is 3.89. The van der Waals surface area contributed by atoms with Crippen LogP contribution in [0, 0.1) is 11.3 Å². The third-order valence-electron chi connectivity index (χ3n) is 3.89. The Bertz CT molecular complexity index is 848. The van der Waals surface area contributed by atoms with Gasteiger partial charge in [-0.15, -0.1) is 0 Å². The first-order valence-electron chi connectivity index (χ1n) is 8.31. The van der Waals surface area contributed by atoms with Crippen molar-refractivity contribution in [3.05, 3.63) is 77.6 Å². The molecule has 0 unspecified atom stereocenters. The van der Waals surface area contributed by atoms with Crippen LogP contribution in [0.25, 0.3) is 11.3 Å². The third kappa shape index (κ3) is 4.42. The molecule has 0 amide bonds. The van der Waals surface area contributed by atoms with Crippen LogP contribution in [-0.4, -0.2) is 9.97 Å². The Balaban J connectivity index is 1.61. The van der Waals surface area contributed by atoms with E-state index in [1.807, 2.05) is 12.1 Å². The maximum atomic E-state index is 8.84. The SMILES string of the molecule is CCCc1ccc(COc2cnc(-c3ccc(C#N)cc3)cn2)cc1. The van der Waals surface area contributed by atoms with Crippen molar-refractivity contribution in [2.75, 3.05) is 0 Å². The first kappa shape index (κ1) is 16.7. The predicted molar refractivity (Wildman–Crippen MR) is 97.0 cm³/mol. The van der Waals surface area contributed by atoms with Crippen LogP contribution < -0.4 is 4.74 Å². The van der Waals surface area contributed by atoms with Crippen LogP contribution in [0.1, 0.15) is 30.0 Å². The summed E-state index contributed by atoms with van der Waals surface area (Å²) in [5.41, 5.74) is 4.75. The molecule has 3 rings (SSSR count). The number of aromatic nitrogens is 2. The Morgan fingerprint density at radius 2 is 1.64 bits per heavy atom. The van der Waals surface area contributed by atoms with Gasteiger partial charge in [0.05, 0.1) is 29.7 Å². The summed E-state index contributed by atoms with van der Waals surface area (Å²) in [6.45, 7) is 2.65. The number of hydrogen-bond acceptors (Lipinski definition) is 4. The number of hydrogen-bond donors (Lipinski definition) is 0. The van der Waals surface area contributed by atoms with Gasteiger partial charge in [-0.25, -0.2) is 9.97 Å². The van der Waals surface area contributed by atoms with Crippen LogP contribution in [-0.2, 0) is 13.0 Å². The maximum Gasteiger partial charge on any atom is 0.232 e. The van der Waals surface area contributed by atoms with Gasteiger partial charge in [0.15, 0.2) is 0 Å². The minimum absolute atomic E-state index is 0.470. The summed E-state index contributed by atoms with van der Waals surface area (Å²) in [4.78, 5) is 8.69. The quantitative estimate of drug-likeness (QED) is 0.666. The van der Waals surface area contributed by atoms with Crippen molar-refractivity contribution in [3.63, 3.8) is 0 Å². The Kier molecular flexibility index (Phi) is 5.38. The summed E-state index contributed by atoms with van der Waals surface area (Å²) >= 11 is 0. The zero-order valence-corrected chi connectivity index (χ0v) is 14.1. The molecule has 2 aromatic carbocycles. The Labute approximate surface area is 147 Å². The Hall–Kier alpha value is -3.19. The van der Waals surface area contributed by atoms with E-state index in [-0.39, 0.29) is 0 Å². The van der Waals surface area contributed by atoms with E-state index >= 15 is 0 Å². The molecule has 0 saturated heterocycles. The highest BCUT2D eigenvalue weighted by atomic mass is 16.5. The summed E-state index contributed by atoms with van der Waals surface area (Å²) in [5.74, 6) is 0.495. The molecular formula is C21H19N3O. The molecule has 0 spiro atoms. The van der Waals surface area contributed by atoms with Gasteiger partial charge < -0.3 is 4.74 Å². The molecule has 25 heavy (non-hydrogen) atoms. The molecule has 0 bridgehead atoms. The van der Waals surface area contributed by atoms with Gasteiger partial charge in [0.25, 0.3) is 0 Å². The fourth-order valence-electron chi connectivity index (χ4n) is 2.50. The molecule has 4 heteroatoms. The second-order valence-corrected chi connectivity index (χ2v) is 5.78. The molecule has 0 atom stereocenters. The van der Waals surface area contributed by atoms with E-state index in [1.54, 1.807) is 24.5 Å². The summed E-state index contributed by atoms with van der Waals surface area (Å²) in [6, 6.07) is 17.8. The molecule has 0 aliphatic heterocycles. The number of ether oxygens (including phenoxy) is 1. The molecule has 4 nitrogen and oxygen atoms in total. The molecule has 0 N–H and O–H groups in total. The van der Waals surface area contributed by atoms with Crippen molar-refractivity contribution in [2.45, 2.75) is 26.4 Å². The average Bonchev–Trinajstić information content (AvgIpc) is 2.68. The number of benzene rings is 2. The highest BCUT2D eigenvalue weighted by Crippen LogP contribution is 2.18. The lowest BCUT2D eigenvalue weighted by molar-refractivity contribution is 0.292. The zero-order valence-electron chi connectivity index (χ0n) is 14.1. The highest BCUT2D eigenvalue weighted by Gasteiger charge is 2.03. The average molecular weight is 329 g/mol. The predicted octanol–water partition coefficient (Wildman–Crippen LogP) is 4.55. The number of aryl methyl sites for hydroxylation is 1. The van der Waals surface area contributed by atoms with Crippen molar-refractivity contribution in [2.24, 2.45) is 0 Å². The zero-order chi connectivity index (χ0) is 17.5.